The van der Waals surface area contributed by atoms with Crippen molar-refractivity contribution in [2.45, 2.75) is 46.7 Å². The summed E-state index contributed by atoms with van der Waals surface area (Å²) < 4.78 is 32.7. The molecule has 0 aliphatic rings. The number of carbonyl (C=O) groups is 2. The van der Waals surface area contributed by atoms with Gasteiger partial charge in [0.1, 0.15) is 18.3 Å². The van der Waals surface area contributed by atoms with Crippen LogP contribution in [0.25, 0.3) is 0 Å². The molecule has 0 heterocycles. The Labute approximate surface area is 223 Å². The van der Waals surface area contributed by atoms with Crippen molar-refractivity contribution < 1.29 is 22.7 Å². The molecule has 2 amide bonds. The van der Waals surface area contributed by atoms with E-state index < -0.39 is 28.5 Å². The summed E-state index contributed by atoms with van der Waals surface area (Å²) in [6.07, 6.45) is 1.44. The second kappa shape index (κ2) is 13.1. The summed E-state index contributed by atoms with van der Waals surface area (Å²) >= 11 is 3.42. The Kier molecular flexibility index (Phi) is 10.8. The number of benzene rings is 2. The van der Waals surface area contributed by atoms with Crippen LogP contribution in [-0.2, 0) is 26.2 Å². The van der Waals surface area contributed by atoms with Crippen LogP contribution in [0, 0.1) is 12.8 Å². The molecule has 0 aliphatic heterocycles. The lowest BCUT2D eigenvalue weighted by Crippen LogP contribution is -2.52. The SMILES string of the molecule is CC[C@@H](C(=O)NCC(C)C)N(Cc1cccc(OC)c1)C(=O)CN(c1ccc(Br)c(C)c1)S(C)(=O)=O. The van der Waals surface area contributed by atoms with Crippen molar-refractivity contribution in [3.05, 3.63) is 58.1 Å². The number of sulfonamides is 1. The molecule has 2 aromatic carbocycles. The Morgan fingerprint density at radius 3 is 2.39 bits per heavy atom. The molecule has 36 heavy (non-hydrogen) atoms. The van der Waals surface area contributed by atoms with E-state index in [-0.39, 0.29) is 18.4 Å². The number of ether oxygens (including phenoxy) is 1. The third kappa shape index (κ3) is 8.23. The lowest BCUT2D eigenvalue weighted by atomic mass is 10.1. The highest BCUT2D eigenvalue weighted by atomic mass is 79.9. The predicted octanol–water partition coefficient (Wildman–Crippen LogP) is 4.11. The smallest absolute Gasteiger partial charge is 0.244 e. The van der Waals surface area contributed by atoms with E-state index in [1.54, 1.807) is 37.4 Å². The van der Waals surface area contributed by atoms with Gasteiger partial charge in [0.2, 0.25) is 21.8 Å². The Morgan fingerprint density at radius 2 is 1.83 bits per heavy atom. The minimum atomic E-state index is -3.78. The molecule has 0 aliphatic carbocycles. The molecule has 1 atom stereocenters. The van der Waals surface area contributed by atoms with Gasteiger partial charge in [-0.1, -0.05) is 48.8 Å². The fraction of sp³-hybridized carbons (Fsp3) is 0.462. The van der Waals surface area contributed by atoms with Gasteiger partial charge in [-0.25, -0.2) is 8.42 Å². The van der Waals surface area contributed by atoms with Gasteiger partial charge in [0.15, 0.2) is 0 Å². The predicted molar refractivity (Wildman–Crippen MR) is 147 cm³/mol. The average Bonchev–Trinajstić information content (AvgIpc) is 2.82. The van der Waals surface area contributed by atoms with Crippen molar-refractivity contribution >= 4 is 43.5 Å². The van der Waals surface area contributed by atoms with Gasteiger partial charge in [0.05, 0.1) is 19.1 Å². The highest BCUT2D eigenvalue weighted by molar-refractivity contribution is 9.10. The molecule has 2 rings (SSSR count). The van der Waals surface area contributed by atoms with Crippen molar-refractivity contribution in [2.24, 2.45) is 5.92 Å². The van der Waals surface area contributed by atoms with Crippen LogP contribution < -0.4 is 14.4 Å². The summed E-state index contributed by atoms with van der Waals surface area (Å²) in [6, 6.07) is 11.6. The number of anilines is 1. The lowest BCUT2D eigenvalue weighted by molar-refractivity contribution is -0.140. The van der Waals surface area contributed by atoms with Gasteiger partial charge in [0, 0.05) is 17.6 Å². The molecule has 0 spiro atoms. The summed E-state index contributed by atoms with van der Waals surface area (Å²) in [5, 5.41) is 2.91. The van der Waals surface area contributed by atoms with Gasteiger partial charge in [-0.05, 0) is 60.7 Å². The first kappa shape index (κ1) is 29.6. The number of halogens is 1. The van der Waals surface area contributed by atoms with Gasteiger partial charge in [-0.15, -0.1) is 0 Å². The first-order valence-electron chi connectivity index (χ1n) is 11.8. The van der Waals surface area contributed by atoms with E-state index in [9.17, 15) is 18.0 Å². The molecule has 0 radical (unpaired) electrons. The Morgan fingerprint density at radius 1 is 1.14 bits per heavy atom. The van der Waals surface area contributed by atoms with Crippen LogP contribution in [0.3, 0.4) is 0 Å². The third-order valence-electron chi connectivity index (χ3n) is 5.67. The summed E-state index contributed by atoms with van der Waals surface area (Å²) in [7, 11) is -2.23. The number of methoxy groups -OCH3 is 1. The van der Waals surface area contributed by atoms with Crippen molar-refractivity contribution in [1.82, 2.24) is 10.2 Å². The number of hydrogen-bond acceptors (Lipinski definition) is 5. The van der Waals surface area contributed by atoms with Gasteiger partial charge >= 0.3 is 0 Å². The summed E-state index contributed by atoms with van der Waals surface area (Å²) in [5.41, 5.74) is 1.98. The number of hydrogen-bond donors (Lipinski definition) is 1. The maximum Gasteiger partial charge on any atom is 0.244 e. The Hall–Kier alpha value is -2.59. The highest BCUT2D eigenvalue weighted by Crippen LogP contribution is 2.25. The quantitative estimate of drug-likeness (QED) is 0.407. The number of amides is 2. The third-order valence-corrected chi connectivity index (χ3v) is 7.70. The molecular weight excluding hydrogens is 546 g/mol. The van der Waals surface area contributed by atoms with Gasteiger partial charge < -0.3 is 15.0 Å². The molecule has 0 saturated heterocycles. The van der Waals surface area contributed by atoms with Crippen LogP contribution in [0.5, 0.6) is 5.75 Å². The number of nitrogens with one attached hydrogen (secondary N) is 1. The molecule has 2 aromatic rings. The molecule has 10 heteroatoms. The zero-order valence-electron chi connectivity index (χ0n) is 21.7. The number of carbonyl (C=O) groups excluding carboxylic acids is 2. The normalized spacial score (nSPS) is 12.2. The van der Waals surface area contributed by atoms with Gasteiger partial charge in [-0.2, -0.15) is 0 Å². The van der Waals surface area contributed by atoms with E-state index >= 15 is 0 Å². The summed E-state index contributed by atoms with van der Waals surface area (Å²) in [4.78, 5) is 28.3. The van der Waals surface area contributed by atoms with Crippen molar-refractivity contribution in [1.29, 1.82) is 0 Å². The molecule has 0 aromatic heterocycles. The second-order valence-electron chi connectivity index (χ2n) is 9.14. The van der Waals surface area contributed by atoms with E-state index in [0.717, 1.165) is 26.2 Å². The zero-order chi connectivity index (χ0) is 27.0. The van der Waals surface area contributed by atoms with Crippen molar-refractivity contribution in [2.75, 3.05) is 30.8 Å². The minimum Gasteiger partial charge on any atom is -0.497 e. The van der Waals surface area contributed by atoms with E-state index in [1.807, 2.05) is 39.8 Å². The lowest BCUT2D eigenvalue weighted by Gasteiger charge is -2.33. The van der Waals surface area contributed by atoms with Crippen LogP contribution in [0.1, 0.15) is 38.3 Å². The number of nitrogens with zero attached hydrogens (tertiary/aromatic N) is 2. The monoisotopic (exact) mass is 581 g/mol. The van der Waals surface area contributed by atoms with Crippen LogP contribution in [-0.4, -0.2) is 57.6 Å². The maximum atomic E-state index is 13.7. The molecule has 0 saturated carbocycles. The fourth-order valence-corrected chi connectivity index (χ4v) is 4.80. The maximum absolute atomic E-state index is 13.7. The summed E-state index contributed by atoms with van der Waals surface area (Å²) in [6.45, 7) is 7.83. The molecular formula is C26H36BrN3O5S. The molecule has 8 nitrogen and oxygen atoms in total. The number of aryl methyl sites for hydroxylation is 1. The van der Waals surface area contributed by atoms with Gasteiger partial charge in [0.25, 0.3) is 0 Å². The topological polar surface area (TPSA) is 96.0 Å². The van der Waals surface area contributed by atoms with E-state index in [1.165, 1.54) is 4.90 Å². The van der Waals surface area contributed by atoms with E-state index in [0.29, 0.717) is 24.4 Å². The number of rotatable bonds is 12. The molecule has 1 N–H and O–H groups in total. The molecule has 0 fully saturated rings. The first-order valence-corrected chi connectivity index (χ1v) is 14.4. The largest absolute Gasteiger partial charge is 0.497 e. The first-order chi connectivity index (χ1) is 16.9. The zero-order valence-corrected chi connectivity index (χ0v) is 24.1. The van der Waals surface area contributed by atoms with Crippen LogP contribution >= 0.6 is 15.9 Å². The van der Waals surface area contributed by atoms with E-state index in [4.69, 9.17) is 4.74 Å². The second-order valence-corrected chi connectivity index (χ2v) is 11.9. The highest BCUT2D eigenvalue weighted by Gasteiger charge is 2.32. The molecule has 198 valence electrons. The Balaban J connectivity index is 2.46. The van der Waals surface area contributed by atoms with Crippen molar-refractivity contribution in [3.8, 4) is 5.75 Å². The summed E-state index contributed by atoms with van der Waals surface area (Å²) in [5.74, 6) is 0.124. The van der Waals surface area contributed by atoms with Crippen LogP contribution in [0.4, 0.5) is 5.69 Å². The Bertz CT molecular complexity index is 1170. The van der Waals surface area contributed by atoms with Gasteiger partial charge in [-0.3, -0.25) is 13.9 Å². The van der Waals surface area contributed by atoms with Crippen LogP contribution in [0.2, 0.25) is 0 Å². The molecule has 0 bridgehead atoms. The van der Waals surface area contributed by atoms with E-state index in [2.05, 4.69) is 21.2 Å². The average molecular weight is 583 g/mol. The minimum absolute atomic E-state index is 0.126. The van der Waals surface area contributed by atoms with Crippen molar-refractivity contribution in [3.63, 3.8) is 0 Å². The molecule has 0 unspecified atom stereocenters. The fourth-order valence-electron chi connectivity index (χ4n) is 3.71. The van der Waals surface area contributed by atoms with Crippen LogP contribution in [0.15, 0.2) is 46.9 Å². The standard InChI is InChI=1S/C26H36BrN3O5S/c1-7-24(26(32)28-15-18(2)3)29(16-20-9-8-10-22(14-20)35-5)25(31)17-30(36(6,33)34)21-11-12-23(27)19(4)13-21/h8-14,18,24H,7,15-17H2,1-6H3,(H,28,32)/t24-/m0/s1.